The van der Waals surface area contributed by atoms with Crippen LogP contribution in [0.1, 0.15) is 20.3 Å². The highest BCUT2D eigenvalue weighted by Crippen LogP contribution is 2.28. The molecular formula is C14H16N4O3. The van der Waals surface area contributed by atoms with Crippen LogP contribution in [0.3, 0.4) is 0 Å². The van der Waals surface area contributed by atoms with Gasteiger partial charge in [0, 0.05) is 25.4 Å². The fraction of sp³-hybridized carbons (Fsp3) is 0.429. The first-order valence-corrected chi connectivity index (χ1v) is 6.88. The average Bonchev–Trinajstić information content (AvgIpc) is 2.89. The molecule has 0 aromatic carbocycles. The van der Waals surface area contributed by atoms with Crippen molar-refractivity contribution < 1.29 is 9.53 Å². The molecule has 2 aromatic heterocycles. The van der Waals surface area contributed by atoms with E-state index in [4.69, 9.17) is 4.74 Å². The van der Waals surface area contributed by atoms with Gasteiger partial charge in [0.1, 0.15) is 5.69 Å². The molecule has 0 saturated heterocycles. The average molecular weight is 288 g/mol. The van der Waals surface area contributed by atoms with Gasteiger partial charge < -0.3 is 9.30 Å². The fourth-order valence-electron chi connectivity index (χ4n) is 2.36. The van der Waals surface area contributed by atoms with Gasteiger partial charge in [-0.1, -0.05) is 13.8 Å². The van der Waals surface area contributed by atoms with E-state index < -0.39 is 11.4 Å². The summed E-state index contributed by atoms with van der Waals surface area (Å²) in [5, 5.41) is 4.09. The van der Waals surface area contributed by atoms with E-state index in [1.54, 1.807) is 10.9 Å². The van der Waals surface area contributed by atoms with Gasteiger partial charge in [-0.15, -0.1) is 0 Å². The molecule has 0 amide bonds. The maximum absolute atomic E-state index is 12.1. The number of aryl methyl sites for hydroxylation is 2. The molecule has 0 spiro atoms. The summed E-state index contributed by atoms with van der Waals surface area (Å²) in [6.07, 6.45) is 4.92. The van der Waals surface area contributed by atoms with Crippen molar-refractivity contribution >= 4 is 5.97 Å². The first-order chi connectivity index (χ1) is 10.1. The van der Waals surface area contributed by atoms with Crippen molar-refractivity contribution in [3.05, 3.63) is 28.8 Å². The molecule has 0 radical (unpaired) electrons. The molecule has 7 heteroatoms. The Morgan fingerprint density at radius 2 is 2.24 bits per heavy atom. The minimum atomic E-state index is -0.417. The van der Waals surface area contributed by atoms with Gasteiger partial charge in [0.05, 0.1) is 12.7 Å². The molecule has 0 atom stereocenters. The van der Waals surface area contributed by atoms with E-state index in [0.29, 0.717) is 18.1 Å². The molecular weight excluding hydrogens is 272 g/mol. The largest absolute Gasteiger partial charge is 0.420 e. The van der Waals surface area contributed by atoms with Gasteiger partial charge in [0.2, 0.25) is 11.2 Å². The second-order valence-electron chi connectivity index (χ2n) is 5.43. The Bertz CT molecular complexity index is 745. The molecule has 0 saturated carbocycles. The lowest BCUT2D eigenvalue weighted by atomic mass is 10.1. The normalized spacial score (nSPS) is 12.9. The lowest BCUT2D eigenvalue weighted by Gasteiger charge is -2.21. The molecule has 0 fully saturated rings. The van der Waals surface area contributed by atoms with Crippen LogP contribution in [0.15, 0.2) is 23.4 Å². The molecule has 110 valence electrons. The summed E-state index contributed by atoms with van der Waals surface area (Å²) >= 11 is 0. The topological polar surface area (TPSA) is 79.0 Å². The Morgan fingerprint density at radius 1 is 1.43 bits per heavy atom. The van der Waals surface area contributed by atoms with Crippen molar-refractivity contribution in [3.8, 4) is 17.3 Å². The van der Waals surface area contributed by atoms with Gasteiger partial charge >= 0.3 is 5.97 Å². The van der Waals surface area contributed by atoms with E-state index >= 15 is 0 Å². The Labute approximate surface area is 121 Å². The minimum Gasteiger partial charge on any atom is -0.420 e. The standard InChI is InChI=1S/C14H16N4O3/c1-9(2)7-11(20)21-13-10(19)8-16-18-6-5-17-4-3-15-14(17)12(13)18/h3-4,8-9H,5-7H2,1-2H3. The summed E-state index contributed by atoms with van der Waals surface area (Å²) < 4.78 is 8.88. The number of carbonyl (C=O) groups is 1. The van der Waals surface area contributed by atoms with Crippen LogP contribution >= 0.6 is 0 Å². The van der Waals surface area contributed by atoms with Crippen molar-refractivity contribution in [2.45, 2.75) is 33.4 Å². The monoisotopic (exact) mass is 288 g/mol. The number of imidazole rings is 1. The molecule has 0 bridgehead atoms. The Hall–Kier alpha value is -2.44. The molecule has 21 heavy (non-hydrogen) atoms. The summed E-state index contributed by atoms with van der Waals surface area (Å²) in [5.41, 5.74) is 0.0608. The van der Waals surface area contributed by atoms with Crippen LogP contribution in [0.25, 0.3) is 11.5 Å². The van der Waals surface area contributed by atoms with Gasteiger partial charge in [-0.25, -0.2) is 4.98 Å². The number of fused-ring (bicyclic) bond motifs is 3. The maximum atomic E-state index is 12.1. The van der Waals surface area contributed by atoms with Crippen molar-refractivity contribution in [1.82, 2.24) is 19.3 Å². The zero-order chi connectivity index (χ0) is 15.0. The number of rotatable bonds is 3. The first-order valence-electron chi connectivity index (χ1n) is 6.88. The minimum absolute atomic E-state index is 0.0165. The van der Waals surface area contributed by atoms with Gasteiger partial charge in [-0.2, -0.15) is 5.10 Å². The molecule has 3 heterocycles. The highest BCUT2D eigenvalue weighted by atomic mass is 16.5. The summed E-state index contributed by atoms with van der Waals surface area (Å²) in [6.45, 7) is 5.16. The first kappa shape index (κ1) is 13.5. The zero-order valence-electron chi connectivity index (χ0n) is 11.9. The number of hydrogen-bond donors (Lipinski definition) is 0. The lowest BCUT2D eigenvalue weighted by Crippen LogP contribution is -2.26. The third kappa shape index (κ3) is 2.46. The van der Waals surface area contributed by atoms with E-state index in [0.717, 1.165) is 6.54 Å². The van der Waals surface area contributed by atoms with Crippen molar-refractivity contribution in [1.29, 1.82) is 0 Å². The number of aromatic nitrogens is 4. The maximum Gasteiger partial charge on any atom is 0.311 e. The van der Waals surface area contributed by atoms with Gasteiger partial charge in [0.25, 0.3) is 0 Å². The summed E-state index contributed by atoms with van der Waals surface area (Å²) in [5.74, 6) is 0.362. The summed E-state index contributed by atoms with van der Waals surface area (Å²) in [7, 11) is 0. The number of hydrogen-bond acceptors (Lipinski definition) is 5. The Kier molecular flexibility index (Phi) is 3.32. The fourth-order valence-corrected chi connectivity index (χ4v) is 2.36. The second-order valence-corrected chi connectivity index (χ2v) is 5.43. The van der Waals surface area contributed by atoms with Crippen LogP contribution in [0.2, 0.25) is 0 Å². The van der Waals surface area contributed by atoms with Crippen LogP contribution in [0.5, 0.6) is 5.75 Å². The van der Waals surface area contributed by atoms with Crippen molar-refractivity contribution in [2.75, 3.05) is 0 Å². The highest BCUT2D eigenvalue weighted by molar-refractivity contribution is 5.75. The second kappa shape index (κ2) is 5.16. The molecule has 7 nitrogen and oxygen atoms in total. The van der Waals surface area contributed by atoms with Crippen LogP contribution in [0.4, 0.5) is 0 Å². The predicted molar refractivity (Wildman–Crippen MR) is 74.8 cm³/mol. The number of carbonyl (C=O) groups excluding carboxylic acids is 1. The van der Waals surface area contributed by atoms with Crippen LogP contribution in [-0.2, 0) is 17.9 Å². The quantitative estimate of drug-likeness (QED) is 0.789. The van der Waals surface area contributed by atoms with Gasteiger partial charge in [-0.3, -0.25) is 14.3 Å². The van der Waals surface area contributed by atoms with E-state index in [-0.39, 0.29) is 18.1 Å². The van der Waals surface area contributed by atoms with Crippen molar-refractivity contribution in [3.63, 3.8) is 0 Å². The molecule has 3 rings (SSSR count). The Balaban J connectivity index is 2.06. The molecule has 2 aromatic rings. The predicted octanol–water partition coefficient (Wildman–Crippen LogP) is 1.07. The SMILES string of the molecule is CC(C)CC(=O)Oc1c2n(ncc1=O)CCn1ccnc1-2. The van der Waals surface area contributed by atoms with E-state index in [2.05, 4.69) is 10.1 Å². The smallest absolute Gasteiger partial charge is 0.311 e. The summed E-state index contributed by atoms with van der Waals surface area (Å²) in [6, 6.07) is 0. The Morgan fingerprint density at radius 3 is 3.00 bits per heavy atom. The molecule has 1 aliphatic rings. The van der Waals surface area contributed by atoms with Gasteiger partial charge in [-0.05, 0) is 5.92 Å². The van der Waals surface area contributed by atoms with Gasteiger partial charge in [0.15, 0.2) is 5.82 Å². The third-order valence-electron chi connectivity index (χ3n) is 3.28. The number of nitrogens with zero attached hydrogens (tertiary/aromatic N) is 4. The van der Waals surface area contributed by atoms with E-state index in [1.165, 1.54) is 6.20 Å². The van der Waals surface area contributed by atoms with Crippen LogP contribution in [-0.4, -0.2) is 25.3 Å². The van der Waals surface area contributed by atoms with E-state index in [9.17, 15) is 9.59 Å². The number of esters is 1. The van der Waals surface area contributed by atoms with Crippen LogP contribution in [0, 0.1) is 5.92 Å². The molecule has 1 aliphatic heterocycles. The van der Waals surface area contributed by atoms with Crippen molar-refractivity contribution in [2.24, 2.45) is 5.92 Å². The third-order valence-corrected chi connectivity index (χ3v) is 3.28. The number of ether oxygens (including phenoxy) is 1. The zero-order valence-corrected chi connectivity index (χ0v) is 11.9. The molecule has 0 unspecified atom stereocenters. The molecule has 0 aliphatic carbocycles. The lowest BCUT2D eigenvalue weighted by molar-refractivity contribution is -0.135. The molecule has 0 N–H and O–H groups in total. The van der Waals surface area contributed by atoms with Crippen LogP contribution < -0.4 is 10.2 Å². The highest BCUT2D eigenvalue weighted by Gasteiger charge is 2.25. The summed E-state index contributed by atoms with van der Waals surface area (Å²) in [4.78, 5) is 28.2. The van der Waals surface area contributed by atoms with E-state index in [1.807, 2.05) is 24.6 Å².